The predicted molar refractivity (Wildman–Crippen MR) is 127 cm³/mol. The summed E-state index contributed by atoms with van der Waals surface area (Å²) < 4.78 is 0. The van der Waals surface area contributed by atoms with Gasteiger partial charge in [-0.25, -0.2) is 0 Å². The van der Waals surface area contributed by atoms with Gasteiger partial charge in [0, 0.05) is 61.8 Å². The van der Waals surface area contributed by atoms with Crippen molar-refractivity contribution in [3.8, 4) is 0 Å². The second-order valence-electron chi connectivity index (χ2n) is 7.48. The summed E-state index contributed by atoms with van der Waals surface area (Å²) in [4.78, 5) is 17.3. The second-order valence-corrected chi connectivity index (χ2v) is 8.70. The highest BCUT2D eigenvalue weighted by molar-refractivity contribution is 7.99. The van der Waals surface area contributed by atoms with Crippen molar-refractivity contribution in [2.75, 3.05) is 37.7 Å². The number of likely N-dealkylation sites (tertiary alicyclic amines) is 1. The summed E-state index contributed by atoms with van der Waals surface area (Å²) in [5.74, 6) is 2.74. The zero-order valence-electron chi connectivity index (χ0n) is 16.4. The van der Waals surface area contributed by atoms with Crippen molar-refractivity contribution in [2.45, 2.75) is 18.5 Å². The zero-order chi connectivity index (χ0) is 18.6. The van der Waals surface area contributed by atoms with Crippen molar-refractivity contribution in [2.24, 2.45) is 5.73 Å². The van der Waals surface area contributed by atoms with E-state index in [0.717, 1.165) is 25.2 Å². The van der Waals surface area contributed by atoms with Crippen LogP contribution < -0.4 is 5.73 Å². The van der Waals surface area contributed by atoms with E-state index in [1.165, 1.54) is 22.6 Å². The Bertz CT molecular complexity index is 769. The van der Waals surface area contributed by atoms with E-state index in [-0.39, 0.29) is 42.7 Å². The van der Waals surface area contributed by atoms with E-state index in [9.17, 15) is 4.79 Å². The maximum Gasteiger partial charge on any atom is 0.253 e. The van der Waals surface area contributed by atoms with Crippen molar-refractivity contribution in [3.63, 3.8) is 0 Å². The lowest BCUT2D eigenvalue weighted by molar-refractivity contribution is 0.0789. The highest BCUT2D eigenvalue weighted by Crippen LogP contribution is 2.27. The Morgan fingerprint density at radius 3 is 2.28 bits per heavy atom. The first-order chi connectivity index (χ1) is 13.2. The minimum Gasteiger partial charge on any atom is -0.336 e. The average molecular weight is 454 g/mol. The lowest BCUT2D eigenvalue weighted by atomic mass is 9.95. The minimum absolute atomic E-state index is 0. The molecule has 2 N–H and O–H groups in total. The molecule has 0 spiro atoms. The Hall–Kier alpha value is -1.24. The van der Waals surface area contributed by atoms with Crippen LogP contribution in [0.3, 0.4) is 0 Å². The molecule has 2 aliphatic rings. The molecule has 0 radical (unpaired) electrons. The molecule has 0 aromatic heterocycles. The van der Waals surface area contributed by atoms with Gasteiger partial charge in [-0.3, -0.25) is 9.69 Å². The molecule has 0 bridgehead atoms. The standard InChI is InChI=1S/C22H27N3OS.2ClH/c23-21-16-25(15-20(21)18-4-2-1-3-5-18)22(26)19-8-6-17(7-9-19)14-24-10-12-27-13-11-24;;/h1-9,20-21H,10-16,23H2;2*1H/t20-,21+;;/m0../s1. The fourth-order valence-corrected chi connectivity index (χ4v) is 4.98. The van der Waals surface area contributed by atoms with Gasteiger partial charge in [0.15, 0.2) is 0 Å². The Balaban J connectivity index is 0.00000150. The highest BCUT2D eigenvalue weighted by atomic mass is 35.5. The first kappa shape index (κ1) is 24.0. The molecule has 0 unspecified atom stereocenters. The minimum atomic E-state index is -0.00686. The van der Waals surface area contributed by atoms with Crippen molar-refractivity contribution in [1.29, 1.82) is 0 Å². The van der Waals surface area contributed by atoms with Crippen molar-refractivity contribution in [3.05, 3.63) is 71.3 Å². The van der Waals surface area contributed by atoms with Gasteiger partial charge in [0.1, 0.15) is 0 Å². The van der Waals surface area contributed by atoms with Crippen LogP contribution in [0.4, 0.5) is 0 Å². The van der Waals surface area contributed by atoms with Crippen LogP contribution in [0.15, 0.2) is 54.6 Å². The molecule has 2 aliphatic heterocycles. The third-order valence-electron chi connectivity index (χ3n) is 5.59. The van der Waals surface area contributed by atoms with Crippen molar-refractivity contribution < 1.29 is 4.79 Å². The Morgan fingerprint density at radius 1 is 0.966 bits per heavy atom. The Morgan fingerprint density at radius 2 is 1.62 bits per heavy atom. The van der Waals surface area contributed by atoms with Crippen LogP contribution in [-0.2, 0) is 6.54 Å². The molecular weight excluding hydrogens is 425 g/mol. The maximum absolute atomic E-state index is 12.9. The molecule has 2 saturated heterocycles. The topological polar surface area (TPSA) is 49.6 Å². The number of benzene rings is 2. The third-order valence-corrected chi connectivity index (χ3v) is 6.53. The molecule has 29 heavy (non-hydrogen) atoms. The van der Waals surface area contributed by atoms with Crippen LogP contribution in [0.5, 0.6) is 0 Å². The molecule has 0 aliphatic carbocycles. The van der Waals surface area contributed by atoms with Crippen LogP contribution in [0.1, 0.15) is 27.4 Å². The quantitative estimate of drug-likeness (QED) is 0.767. The summed E-state index contributed by atoms with van der Waals surface area (Å²) in [5, 5.41) is 0. The van der Waals surface area contributed by atoms with Gasteiger partial charge < -0.3 is 10.6 Å². The number of hydrogen-bond donors (Lipinski definition) is 1. The van der Waals surface area contributed by atoms with Gasteiger partial charge in [-0.05, 0) is 23.3 Å². The monoisotopic (exact) mass is 453 g/mol. The second kappa shape index (κ2) is 11.2. The summed E-state index contributed by atoms with van der Waals surface area (Å²) in [6, 6.07) is 18.4. The van der Waals surface area contributed by atoms with E-state index in [0.29, 0.717) is 13.1 Å². The average Bonchev–Trinajstić information content (AvgIpc) is 3.11. The lowest BCUT2D eigenvalue weighted by Gasteiger charge is -2.26. The van der Waals surface area contributed by atoms with Crippen molar-refractivity contribution >= 4 is 42.5 Å². The van der Waals surface area contributed by atoms with Crippen LogP contribution in [0.25, 0.3) is 0 Å². The smallest absolute Gasteiger partial charge is 0.253 e. The van der Waals surface area contributed by atoms with E-state index in [1.54, 1.807) is 0 Å². The molecule has 2 heterocycles. The third kappa shape index (κ3) is 5.89. The number of carbonyl (C=O) groups excluding carboxylic acids is 1. The SMILES string of the molecule is Cl.Cl.N[C@@H]1CN(C(=O)c2ccc(CN3CCSCC3)cc2)C[C@H]1c1ccccc1. The van der Waals surface area contributed by atoms with E-state index >= 15 is 0 Å². The lowest BCUT2D eigenvalue weighted by Crippen LogP contribution is -2.32. The fourth-order valence-electron chi connectivity index (χ4n) is 4.00. The number of hydrogen-bond acceptors (Lipinski definition) is 4. The summed E-state index contributed by atoms with van der Waals surface area (Å²) in [7, 11) is 0. The van der Waals surface area contributed by atoms with Crippen molar-refractivity contribution in [1.82, 2.24) is 9.80 Å². The zero-order valence-corrected chi connectivity index (χ0v) is 18.9. The Labute approximate surface area is 190 Å². The molecular formula is C22H29Cl2N3OS. The highest BCUT2D eigenvalue weighted by Gasteiger charge is 2.34. The van der Waals surface area contributed by atoms with E-state index in [4.69, 9.17) is 5.73 Å². The van der Waals surface area contributed by atoms with Gasteiger partial charge in [-0.2, -0.15) is 11.8 Å². The number of amides is 1. The normalized spacial score (nSPS) is 21.9. The molecule has 1 amide bonds. The number of carbonyl (C=O) groups is 1. The van der Waals surface area contributed by atoms with Crippen LogP contribution in [0, 0.1) is 0 Å². The molecule has 0 saturated carbocycles. The number of thioether (sulfide) groups is 1. The van der Waals surface area contributed by atoms with Crippen LogP contribution in [0.2, 0.25) is 0 Å². The first-order valence-corrected chi connectivity index (χ1v) is 10.8. The largest absolute Gasteiger partial charge is 0.336 e. The first-order valence-electron chi connectivity index (χ1n) is 9.69. The van der Waals surface area contributed by atoms with Gasteiger partial charge in [-0.1, -0.05) is 42.5 Å². The molecule has 158 valence electrons. The van der Waals surface area contributed by atoms with Gasteiger partial charge in [0.05, 0.1) is 0 Å². The Kier molecular flexibility index (Phi) is 9.31. The van der Waals surface area contributed by atoms with Gasteiger partial charge in [0.2, 0.25) is 0 Å². The van der Waals surface area contributed by atoms with E-state index in [2.05, 4.69) is 29.2 Å². The summed E-state index contributed by atoms with van der Waals surface area (Å²) in [5.41, 5.74) is 9.60. The molecule has 4 nitrogen and oxygen atoms in total. The van der Waals surface area contributed by atoms with E-state index < -0.39 is 0 Å². The fraction of sp³-hybridized carbons (Fsp3) is 0.409. The number of rotatable bonds is 4. The maximum atomic E-state index is 12.9. The molecule has 4 rings (SSSR count). The molecule has 2 aromatic rings. The van der Waals surface area contributed by atoms with E-state index in [1.807, 2.05) is 47.0 Å². The summed E-state index contributed by atoms with van der Waals surface area (Å²) in [6.45, 7) is 4.58. The van der Waals surface area contributed by atoms with Gasteiger partial charge >= 0.3 is 0 Å². The van der Waals surface area contributed by atoms with Gasteiger partial charge in [0.25, 0.3) is 5.91 Å². The molecule has 2 atom stereocenters. The summed E-state index contributed by atoms with van der Waals surface area (Å²) >= 11 is 2.03. The summed E-state index contributed by atoms with van der Waals surface area (Å²) in [6.07, 6.45) is 0. The van der Waals surface area contributed by atoms with Gasteiger partial charge in [-0.15, -0.1) is 24.8 Å². The number of nitrogens with zero attached hydrogens (tertiary/aromatic N) is 2. The van der Waals surface area contributed by atoms with Crippen LogP contribution >= 0.6 is 36.6 Å². The number of nitrogens with two attached hydrogens (primary N) is 1. The molecule has 2 fully saturated rings. The van der Waals surface area contributed by atoms with Crippen LogP contribution in [-0.4, -0.2) is 59.4 Å². The number of halogens is 2. The molecule has 7 heteroatoms. The predicted octanol–water partition coefficient (Wildman–Crippen LogP) is 3.65. The molecule has 2 aromatic carbocycles.